The van der Waals surface area contributed by atoms with Gasteiger partial charge in [-0.15, -0.1) is 0 Å². The van der Waals surface area contributed by atoms with Gasteiger partial charge in [0.15, 0.2) is 5.56 Å². The number of fused-ring (bicyclic) bond motifs is 1. The maximum atomic E-state index is 12.5. The van der Waals surface area contributed by atoms with Gasteiger partial charge in [-0.25, -0.2) is 4.98 Å². The van der Waals surface area contributed by atoms with Gasteiger partial charge >= 0.3 is 0 Å². The summed E-state index contributed by atoms with van der Waals surface area (Å²) in [4.78, 5) is 17.9. The minimum Gasteiger partial charge on any atom is -0.267 e. The molecule has 3 rings (SSSR count). The first kappa shape index (κ1) is 14.4. The number of nitriles is 1. The van der Waals surface area contributed by atoms with Crippen LogP contribution < -0.4 is 5.56 Å². The second-order valence-electron chi connectivity index (χ2n) is 5.01. The molecule has 0 fully saturated rings. The Morgan fingerprint density at radius 3 is 2.59 bits per heavy atom. The molecule has 0 spiro atoms. The van der Waals surface area contributed by atoms with Gasteiger partial charge in [0.25, 0.3) is 5.56 Å². The molecule has 4 nitrogen and oxygen atoms in total. The van der Waals surface area contributed by atoms with E-state index in [1.807, 2.05) is 50.2 Å². The Labute approximate surface area is 132 Å². The number of hydrogen-bond donors (Lipinski definition) is 0. The summed E-state index contributed by atoms with van der Waals surface area (Å²) in [7, 11) is 0. The van der Waals surface area contributed by atoms with Crippen LogP contribution in [0.25, 0.3) is 5.65 Å². The first-order chi connectivity index (χ1) is 10.6. The summed E-state index contributed by atoms with van der Waals surface area (Å²) in [6.45, 7) is 3.91. The summed E-state index contributed by atoms with van der Waals surface area (Å²) in [6, 6.07) is 13.6. The number of benzene rings is 1. The molecule has 0 amide bonds. The Hall–Kier alpha value is -2.58. The smallest absolute Gasteiger partial charge is 0.267 e. The van der Waals surface area contributed by atoms with Gasteiger partial charge in [0.05, 0.1) is 0 Å². The third-order valence-electron chi connectivity index (χ3n) is 3.36. The number of nitrogens with zero attached hydrogens (tertiary/aromatic N) is 3. The highest BCUT2D eigenvalue weighted by Gasteiger charge is 2.14. The molecular weight excluding hydrogens is 294 g/mol. The minimum atomic E-state index is -0.328. The molecule has 108 valence electrons. The molecule has 0 saturated heterocycles. The van der Waals surface area contributed by atoms with E-state index in [-0.39, 0.29) is 11.1 Å². The maximum absolute atomic E-state index is 12.5. The van der Waals surface area contributed by atoms with Crippen molar-refractivity contribution in [3.8, 4) is 6.07 Å². The van der Waals surface area contributed by atoms with E-state index in [1.165, 1.54) is 16.2 Å². The predicted molar refractivity (Wildman–Crippen MR) is 86.2 cm³/mol. The first-order valence-electron chi connectivity index (χ1n) is 6.77. The summed E-state index contributed by atoms with van der Waals surface area (Å²) < 4.78 is 1.42. The Bertz CT molecular complexity index is 953. The molecule has 0 saturated carbocycles. The lowest BCUT2D eigenvalue weighted by atomic mass is 10.2. The molecule has 1 aromatic carbocycles. The van der Waals surface area contributed by atoms with Crippen LogP contribution >= 0.6 is 11.8 Å². The van der Waals surface area contributed by atoms with E-state index in [0.717, 1.165) is 16.0 Å². The van der Waals surface area contributed by atoms with Crippen LogP contribution in [-0.2, 0) is 0 Å². The number of pyridine rings is 1. The normalized spacial score (nSPS) is 10.6. The Balaban J connectivity index is 2.20. The van der Waals surface area contributed by atoms with Crippen LogP contribution in [0.1, 0.15) is 16.7 Å². The van der Waals surface area contributed by atoms with E-state index in [4.69, 9.17) is 0 Å². The third kappa shape index (κ3) is 2.49. The third-order valence-corrected chi connectivity index (χ3v) is 4.36. The second-order valence-corrected chi connectivity index (χ2v) is 6.07. The zero-order chi connectivity index (χ0) is 15.7. The number of hydrogen-bond acceptors (Lipinski definition) is 4. The molecule has 0 unspecified atom stereocenters. The van der Waals surface area contributed by atoms with Gasteiger partial charge in [-0.1, -0.05) is 35.5 Å². The quantitative estimate of drug-likeness (QED) is 0.681. The zero-order valence-corrected chi connectivity index (χ0v) is 13.0. The monoisotopic (exact) mass is 307 g/mol. The summed E-state index contributed by atoms with van der Waals surface area (Å²) in [5, 5.41) is 9.78. The highest BCUT2D eigenvalue weighted by molar-refractivity contribution is 7.99. The van der Waals surface area contributed by atoms with E-state index in [2.05, 4.69) is 4.98 Å². The van der Waals surface area contributed by atoms with E-state index in [1.54, 1.807) is 12.3 Å². The van der Waals surface area contributed by atoms with Crippen molar-refractivity contribution in [1.82, 2.24) is 9.38 Å². The SMILES string of the molecule is Cc1ccc(Sc2nc3c(C)cccn3c(=O)c2C#N)cc1. The largest absolute Gasteiger partial charge is 0.276 e. The standard InChI is InChI=1S/C17H13N3OS/c1-11-5-7-13(8-6-11)22-16-14(10-18)17(21)20-9-3-4-12(2)15(20)19-16/h3-9H,1-2H3. The van der Waals surface area contributed by atoms with Crippen LogP contribution in [0.2, 0.25) is 0 Å². The maximum Gasteiger partial charge on any atom is 0.276 e. The van der Waals surface area contributed by atoms with Gasteiger partial charge in [0.2, 0.25) is 0 Å². The van der Waals surface area contributed by atoms with Gasteiger partial charge in [-0.3, -0.25) is 9.20 Å². The number of aromatic nitrogens is 2. The molecule has 0 aliphatic carbocycles. The van der Waals surface area contributed by atoms with Crippen molar-refractivity contribution >= 4 is 17.4 Å². The van der Waals surface area contributed by atoms with Crippen molar-refractivity contribution in [1.29, 1.82) is 5.26 Å². The molecule has 0 aliphatic rings. The molecule has 0 bridgehead atoms. The molecule has 22 heavy (non-hydrogen) atoms. The average Bonchev–Trinajstić information content (AvgIpc) is 2.51. The predicted octanol–water partition coefficient (Wildman–Crippen LogP) is 3.33. The van der Waals surface area contributed by atoms with Crippen molar-refractivity contribution in [2.24, 2.45) is 0 Å². The average molecular weight is 307 g/mol. The molecule has 0 radical (unpaired) electrons. The van der Waals surface area contributed by atoms with Gasteiger partial charge < -0.3 is 0 Å². The molecule has 2 heterocycles. The fourth-order valence-electron chi connectivity index (χ4n) is 2.17. The first-order valence-corrected chi connectivity index (χ1v) is 7.58. The molecule has 0 aliphatic heterocycles. The van der Waals surface area contributed by atoms with Crippen LogP contribution in [0.15, 0.2) is 57.3 Å². The van der Waals surface area contributed by atoms with E-state index < -0.39 is 0 Å². The zero-order valence-electron chi connectivity index (χ0n) is 12.2. The lowest BCUT2D eigenvalue weighted by molar-refractivity contribution is 0.960. The van der Waals surface area contributed by atoms with E-state index in [9.17, 15) is 10.1 Å². The molecule has 0 N–H and O–H groups in total. The second kappa shape index (κ2) is 5.66. The fraction of sp³-hybridized carbons (Fsp3) is 0.118. The van der Waals surface area contributed by atoms with Crippen molar-refractivity contribution in [2.75, 3.05) is 0 Å². The minimum absolute atomic E-state index is 0.0775. The molecular formula is C17H13N3OS. The van der Waals surface area contributed by atoms with Crippen LogP contribution in [0, 0.1) is 25.2 Å². The molecule has 2 aromatic heterocycles. The molecule has 0 atom stereocenters. The van der Waals surface area contributed by atoms with E-state index >= 15 is 0 Å². The Morgan fingerprint density at radius 1 is 1.18 bits per heavy atom. The lowest BCUT2D eigenvalue weighted by Crippen LogP contribution is -2.19. The van der Waals surface area contributed by atoms with Gasteiger partial charge in [-0.05, 0) is 37.6 Å². The highest BCUT2D eigenvalue weighted by Crippen LogP contribution is 2.28. The van der Waals surface area contributed by atoms with Gasteiger partial charge in [0, 0.05) is 11.1 Å². The number of aryl methyl sites for hydroxylation is 2. The summed E-state index contributed by atoms with van der Waals surface area (Å²) >= 11 is 1.34. The molecule has 3 aromatic rings. The van der Waals surface area contributed by atoms with E-state index in [0.29, 0.717) is 10.7 Å². The lowest BCUT2D eigenvalue weighted by Gasteiger charge is -2.08. The van der Waals surface area contributed by atoms with Crippen molar-refractivity contribution in [2.45, 2.75) is 23.8 Å². The van der Waals surface area contributed by atoms with Crippen LogP contribution in [0.5, 0.6) is 0 Å². The van der Waals surface area contributed by atoms with Crippen LogP contribution in [0.4, 0.5) is 0 Å². The summed E-state index contributed by atoms with van der Waals surface area (Å²) in [6.07, 6.45) is 1.64. The van der Waals surface area contributed by atoms with Crippen molar-refractivity contribution < 1.29 is 0 Å². The van der Waals surface area contributed by atoms with Gasteiger partial charge in [0.1, 0.15) is 16.7 Å². The highest BCUT2D eigenvalue weighted by atomic mass is 32.2. The van der Waals surface area contributed by atoms with Crippen molar-refractivity contribution in [3.63, 3.8) is 0 Å². The molecule has 5 heteroatoms. The Morgan fingerprint density at radius 2 is 1.91 bits per heavy atom. The van der Waals surface area contributed by atoms with Crippen LogP contribution in [-0.4, -0.2) is 9.38 Å². The summed E-state index contributed by atoms with van der Waals surface area (Å²) in [5.41, 5.74) is 2.39. The Kier molecular flexibility index (Phi) is 3.70. The summed E-state index contributed by atoms with van der Waals surface area (Å²) in [5.74, 6) is 0. The van der Waals surface area contributed by atoms with Gasteiger partial charge in [-0.2, -0.15) is 5.26 Å². The van der Waals surface area contributed by atoms with Crippen LogP contribution in [0.3, 0.4) is 0 Å². The van der Waals surface area contributed by atoms with Crippen molar-refractivity contribution in [3.05, 3.63) is 69.6 Å². The topological polar surface area (TPSA) is 58.2 Å². The number of rotatable bonds is 2. The fourth-order valence-corrected chi connectivity index (χ4v) is 3.03.